The van der Waals surface area contributed by atoms with Gasteiger partial charge < -0.3 is 19.7 Å². The number of nitro benzene ring substituents is 1. The van der Waals surface area contributed by atoms with Gasteiger partial charge in [-0.15, -0.1) is 0 Å². The lowest BCUT2D eigenvalue weighted by Gasteiger charge is -2.15. The quantitative estimate of drug-likeness (QED) is 0.413. The van der Waals surface area contributed by atoms with Crippen LogP contribution in [-0.2, 0) is 17.9 Å². The summed E-state index contributed by atoms with van der Waals surface area (Å²) in [7, 11) is 0. The van der Waals surface area contributed by atoms with Gasteiger partial charge in [-0.2, -0.15) is 0 Å². The summed E-state index contributed by atoms with van der Waals surface area (Å²) in [4.78, 5) is 24.7. The first kappa shape index (κ1) is 19.9. The van der Waals surface area contributed by atoms with Crippen LogP contribution in [0.25, 0.3) is 6.08 Å². The lowest BCUT2D eigenvalue weighted by atomic mass is 10.1. The van der Waals surface area contributed by atoms with E-state index in [1.54, 1.807) is 4.90 Å². The number of carbonyl (C=O) groups is 1. The maximum absolute atomic E-state index is 12.3. The predicted molar refractivity (Wildman–Crippen MR) is 110 cm³/mol. The molecule has 0 bridgehead atoms. The minimum Gasteiger partial charge on any atom is -0.454 e. The number of fused-ring (bicyclic) bond motifs is 1. The fourth-order valence-electron chi connectivity index (χ4n) is 3.87. The summed E-state index contributed by atoms with van der Waals surface area (Å²) in [5, 5.41) is 14.2. The van der Waals surface area contributed by atoms with Gasteiger partial charge in [-0.25, -0.2) is 0 Å². The molecule has 2 heterocycles. The Labute approximate surface area is 174 Å². The highest BCUT2D eigenvalue weighted by Gasteiger charge is 2.22. The van der Waals surface area contributed by atoms with Gasteiger partial charge in [0.05, 0.1) is 29.6 Å². The Kier molecular flexibility index (Phi) is 5.94. The SMILES string of the molecule is O=C(/C=C/c1cc2c(cc1[N+](=O)[O-])OCO2)NCc1ccccc1C[NH+]1CCCC1. The van der Waals surface area contributed by atoms with Gasteiger partial charge in [-0.3, -0.25) is 14.9 Å². The molecule has 2 N–H and O–H groups in total. The number of quaternary nitrogens is 1. The van der Waals surface area contributed by atoms with Crippen molar-refractivity contribution < 1.29 is 24.1 Å². The molecule has 8 heteroatoms. The number of nitrogens with one attached hydrogen (secondary N) is 2. The average Bonchev–Trinajstić information content (AvgIpc) is 3.42. The molecule has 0 atom stereocenters. The fourth-order valence-corrected chi connectivity index (χ4v) is 3.87. The van der Waals surface area contributed by atoms with E-state index in [0.29, 0.717) is 18.0 Å². The number of benzene rings is 2. The molecule has 1 fully saturated rings. The Bertz CT molecular complexity index is 983. The maximum Gasteiger partial charge on any atom is 0.280 e. The molecule has 0 radical (unpaired) electrons. The van der Waals surface area contributed by atoms with Crippen LogP contribution in [0.1, 0.15) is 29.5 Å². The van der Waals surface area contributed by atoms with Crippen LogP contribution in [0.3, 0.4) is 0 Å². The summed E-state index contributed by atoms with van der Waals surface area (Å²) in [6, 6.07) is 11.0. The summed E-state index contributed by atoms with van der Waals surface area (Å²) in [5.74, 6) is 0.448. The molecule has 0 saturated carbocycles. The minimum absolute atomic E-state index is 0.0265. The second-order valence-electron chi connectivity index (χ2n) is 7.48. The first-order valence-corrected chi connectivity index (χ1v) is 10.0. The highest BCUT2D eigenvalue weighted by atomic mass is 16.7. The van der Waals surface area contributed by atoms with Crippen LogP contribution in [0.4, 0.5) is 5.69 Å². The van der Waals surface area contributed by atoms with Crippen molar-refractivity contribution in [1.82, 2.24) is 5.32 Å². The Hall–Kier alpha value is -3.39. The number of amides is 1. The number of carbonyl (C=O) groups excluding carboxylic acids is 1. The molecule has 1 saturated heterocycles. The summed E-state index contributed by atoms with van der Waals surface area (Å²) < 4.78 is 10.5. The van der Waals surface area contributed by atoms with E-state index in [1.807, 2.05) is 18.2 Å². The predicted octanol–water partition coefficient (Wildman–Crippen LogP) is 1.83. The monoisotopic (exact) mass is 410 g/mol. The molecule has 2 aliphatic heterocycles. The molecule has 8 nitrogen and oxygen atoms in total. The van der Waals surface area contributed by atoms with Crippen molar-refractivity contribution in [2.24, 2.45) is 0 Å². The molecule has 1 amide bonds. The Balaban J connectivity index is 1.41. The molecule has 0 aliphatic carbocycles. The number of nitro groups is 1. The standard InChI is InChI=1S/C22H23N3O5/c26-22(8-7-16-11-20-21(30-15-29-20)12-19(16)25(27)28)23-13-17-5-1-2-6-18(17)14-24-9-3-4-10-24/h1-2,5-8,11-12H,3-4,9-10,13-15H2,(H,23,26)/p+1/b8-7+. The van der Waals surface area contributed by atoms with E-state index in [4.69, 9.17) is 9.47 Å². The van der Waals surface area contributed by atoms with E-state index >= 15 is 0 Å². The zero-order valence-electron chi connectivity index (χ0n) is 16.6. The van der Waals surface area contributed by atoms with Crippen molar-refractivity contribution in [3.8, 4) is 11.5 Å². The number of nitrogens with zero attached hydrogens (tertiary/aromatic N) is 1. The van der Waals surface area contributed by atoms with Crippen LogP contribution in [0.2, 0.25) is 0 Å². The first-order chi connectivity index (χ1) is 14.6. The van der Waals surface area contributed by atoms with E-state index in [0.717, 1.165) is 12.1 Å². The number of hydrogen-bond acceptors (Lipinski definition) is 5. The largest absolute Gasteiger partial charge is 0.454 e. The van der Waals surface area contributed by atoms with Gasteiger partial charge in [0, 0.05) is 31.0 Å². The van der Waals surface area contributed by atoms with Gasteiger partial charge in [-0.1, -0.05) is 24.3 Å². The molecule has 30 heavy (non-hydrogen) atoms. The van der Waals surface area contributed by atoms with Gasteiger partial charge in [0.15, 0.2) is 11.5 Å². The highest BCUT2D eigenvalue weighted by Crippen LogP contribution is 2.38. The summed E-state index contributed by atoms with van der Waals surface area (Å²) in [6.07, 6.45) is 5.27. The molecule has 0 aromatic heterocycles. The average molecular weight is 410 g/mol. The fraction of sp³-hybridized carbons (Fsp3) is 0.318. The highest BCUT2D eigenvalue weighted by molar-refractivity contribution is 5.92. The molecule has 2 aromatic rings. The van der Waals surface area contributed by atoms with Gasteiger partial charge >= 0.3 is 0 Å². The van der Waals surface area contributed by atoms with Gasteiger partial charge in [0.1, 0.15) is 6.54 Å². The summed E-state index contributed by atoms with van der Waals surface area (Å²) in [5.41, 5.74) is 2.48. The van der Waals surface area contributed by atoms with Crippen LogP contribution in [0, 0.1) is 10.1 Å². The summed E-state index contributed by atoms with van der Waals surface area (Å²) >= 11 is 0. The number of rotatable bonds is 7. The van der Waals surface area contributed by atoms with Crippen molar-refractivity contribution in [2.45, 2.75) is 25.9 Å². The van der Waals surface area contributed by atoms with Crippen LogP contribution in [0.5, 0.6) is 11.5 Å². The maximum atomic E-state index is 12.3. The number of ether oxygens (including phenoxy) is 2. The normalized spacial score (nSPS) is 15.6. The first-order valence-electron chi connectivity index (χ1n) is 10.0. The Morgan fingerprint density at radius 2 is 1.83 bits per heavy atom. The molecular formula is C22H24N3O5+. The van der Waals surface area contributed by atoms with E-state index in [-0.39, 0.29) is 24.0 Å². The zero-order chi connectivity index (χ0) is 20.9. The van der Waals surface area contributed by atoms with E-state index < -0.39 is 4.92 Å². The third-order valence-electron chi connectivity index (χ3n) is 5.46. The molecule has 0 spiro atoms. The Morgan fingerprint density at radius 3 is 2.57 bits per heavy atom. The van der Waals surface area contributed by atoms with Crippen molar-refractivity contribution in [3.63, 3.8) is 0 Å². The second-order valence-corrected chi connectivity index (χ2v) is 7.48. The number of hydrogen-bond donors (Lipinski definition) is 2. The molecule has 0 unspecified atom stereocenters. The van der Waals surface area contributed by atoms with E-state index in [1.165, 1.54) is 55.8 Å². The Morgan fingerprint density at radius 1 is 1.13 bits per heavy atom. The van der Waals surface area contributed by atoms with E-state index in [9.17, 15) is 14.9 Å². The van der Waals surface area contributed by atoms with Gasteiger partial charge in [0.2, 0.25) is 12.7 Å². The molecule has 4 rings (SSSR count). The van der Waals surface area contributed by atoms with Crippen molar-refractivity contribution in [3.05, 3.63) is 69.3 Å². The van der Waals surface area contributed by atoms with Gasteiger partial charge in [-0.05, 0) is 17.7 Å². The van der Waals surface area contributed by atoms with Crippen LogP contribution in [0.15, 0.2) is 42.5 Å². The smallest absolute Gasteiger partial charge is 0.280 e. The third kappa shape index (κ3) is 4.60. The summed E-state index contributed by atoms with van der Waals surface area (Å²) in [6.45, 7) is 3.79. The lowest BCUT2D eigenvalue weighted by Crippen LogP contribution is -3.08. The molecule has 156 valence electrons. The third-order valence-corrected chi connectivity index (χ3v) is 5.46. The van der Waals surface area contributed by atoms with E-state index in [2.05, 4.69) is 11.4 Å². The second kappa shape index (κ2) is 8.96. The molecular weight excluding hydrogens is 386 g/mol. The van der Waals surface area contributed by atoms with Crippen LogP contribution in [-0.4, -0.2) is 30.7 Å². The molecule has 2 aliphatic rings. The van der Waals surface area contributed by atoms with Crippen molar-refractivity contribution in [1.29, 1.82) is 0 Å². The number of likely N-dealkylation sites (tertiary alicyclic amines) is 1. The topological polar surface area (TPSA) is 95.1 Å². The lowest BCUT2D eigenvalue weighted by molar-refractivity contribution is -0.901. The minimum atomic E-state index is -0.503. The molecule has 2 aromatic carbocycles. The van der Waals surface area contributed by atoms with Crippen molar-refractivity contribution >= 4 is 17.7 Å². The van der Waals surface area contributed by atoms with Crippen LogP contribution < -0.4 is 19.7 Å². The van der Waals surface area contributed by atoms with Gasteiger partial charge in [0.25, 0.3) is 5.69 Å². The van der Waals surface area contributed by atoms with Crippen LogP contribution >= 0.6 is 0 Å². The van der Waals surface area contributed by atoms with Crippen molar-refractivity contribution in [2.75, 3.05) is 19.9 Å². The zero-order valence-corrected chi connectivity index (χ0v) is 16.6.